The van der Waals surface area contributed by atoms with Gasteiger partial charge < -0.3 is 4.57 Å². The van der Waals surface area contributed by atoms with E-state index in [2.05, 4.69) is 59.7 Å². The summed E-state index contributed by atoms with van der Waals surface area (Å²) in [6.07, 6.45) is 3.58. The minimum absolute atomic E-state index is 0.0818. The Balaban J connectivity index is 1.68. The second kappa shape index (κ2) is 8.30. The Kier molecular flexibility index (Phi) is 5.71. The van der Waals surface area contributed by atoms with E-state index in [0.29, 0.717) is 11.1 Å². The van der Waals surface area contributed by atoms with Gasteiger partial charge in [0.1, 0.15) is 5.04 Å². The van der Waals surface area contributed by atoms with Crippen molar-refractivity contribution in [2.45, 2.75) is 47.5 Å². The summed E-state index contributed by atoms with van der Waals surface area (Å²) in [5.74, 6) is 0.144. The number of aliphatic imine (C=N–C) groups is 1. The minimum atomic E-state index is -0.387. The first-order chi connectivity index (χ1) is 14.8. The maximum atomic E-state index is 12.7. The topological polar surface area (TPSA) is 73.8 Å². The molecule has 0 radical (unpaired) electrons. The Morgan fingerprint density at radius 2 is 1.90 bits per heavy atom. The van der Waals surface area contributed by atoms with Gasteiger partial charge in [0.15, 0.2) is 5.84 Å². The second-order valence-corrected chi connectivity index (χ2v) is 9.33. The highest BCUT2D eigenvalue weighted by atomic mass is 32.2. The van der Waals surface area contributed by atoms with Crippen LogP contribution in [0.1, 0.15) is 49.7 Å². The van der Waals surface area contributed by atoms with Crippen LogP contribution in [0.3, 0.4) is 0 Å². The zero-order valence-corrected chi connectivity index (χ0v) is 19.4. The number of nitrogens with one attached hydrogen (secondary N) is 1. The highest BCUT2D eigenvalue weighted by molar-refractivity contribution is 8.26. The number of nitrogens with zero attached hydrogens (tertiary/aromatic N) is 4. The molecule has 6 nitrogen and oxygen atoms in total. The number of aromatic nitrogens is 1. The number of benzene rings is 1. The van der Waals surface area contributed by atoms with Crippen LogP contribution in [0.4, 0.5) is 0 Å². The summed E-state index contributed by atoms with van der Waals surface area (Å²) >= 11 is 1.38. The quantitative estimate of drug-likeness (QED) is 0.648. The van der Waals surface area contributed by atoms with Crippen molar-refractivity contribution in [1.29, 1.82) is 5.41 Å². The number of amidine groups is 2. The molecule has 3 heterocycles. The first-order valence-electron chi connectivity index (χ1n) is 10.6. The van der Waals surface area contributed by atoms with Gasteiger partial charge in [-0.05, 0) is 73.4 Å². The third kappa shape index (κ3) is 4.02. The average Bonchev–Trinajstić information content (AvgIpc) is 3.24. The zero-order valence-electron chi connectivity index (χ0n) is 18.6. The molecule has 7 heteroatoms. The van der Waals surface area contributed by atoms with Gasteiger partial charge in [-0.3, -0.25) is 10.2 Å². The summed E-state index contributed by atoms with van der Waals surface area (Å²) in [7, 11) is 0. The lowest BCUT2D eigenvalue weighted by Crippen LogP contribution is -2.35. The summed E-state index contributed by atoms with van der Waals surface area (Å²) in [6.45, 7) is 10.5. The van der Waals surface area contributed by atoms with E-state index in [0.717, 1.165) is 40.5 Å². The van der Waals surface area contributed by atoms with Crippen LogP contribution in [0.25, 0.3) is 11.8 Å². The van der Waals surface area contributed by atoms with Gasteiger partial charge in [0.25, 0.3) is 5.91 Å². The Labute approximate surface area is 187 Å². The maximum Gasteiger partial charge on any atom is 0.283 e. The van der Waals surface area contributed by atoms with Crippen LogP contribution in [0, 0.1) is 25.2 Å². The number of aryl methyl sites for hydroxylation is 2. The van der Waals surface area contributed by atoms with E-state index in [1.54, 1.807) is 6.08 Å². The molecule has 0 fully saturated rings. The lowest BCUT2D eigenvalue weighted by molar-refractivity contribution is -0.114. The number of rotatable bonds is 5. The number of hydrogen-bond acceptors (Lipinski definition) is 4. The molecule has 0 saturated carbocycles. The average molecular weight is 434 g/mol. The maximum absolute atomic E-state index is 12.7. The minimum Gasteiger partial charge on any atom is -0.318 e. The third-order valence-electron chi connectivity index (χ3n) is 5.45. The van der Waals surface area contributed by atoms with E-state index >= 15 is 0 Å². The summed E-state index contributed by atoms with van der Waals surface area (Å²) < 4.78 is 2.17. The molecule has 160 valence electrons. The van der Waals surface area contributed by atoms with Gasteiger partial charge in [-0.2, -0.15) is 15.1 Å². The third-order valence-corrected chi connectivity index (χ3v) is 6.38. The largest absolute Gasteiger partial charge is 0.318 e. The lowest BCUT2D eigenvalue weighted by atomic mass is 10.1. The highest BCUT2D eigenvalue weighted by Gasteiger charge is 2.35. The summed E-state index contributed by atoms with van der Waals surface area (Å²) in [6, 6.07) is 10.6. The van der Waals surface area contributed by atoms with Crippen LogP contribution in [-0.4, -0.2) is 31.5 Å². The number of carbonyl (C=O) groups excluding carboxylic acids is 1. The fourth-order valence-electron chi connectivity index (χ4n) is 3.83. The first-order valence-corrected chi connectivity index (χ1v) is 11.4. The molecule has 2 aromatic rings. The molecular weight excluding hydrogens is 406 g/mol. The van der Waals surface area contributed by atoms with Crippen molar-refractivity contribution in [3.63, 3.8) is 0 Å². The first kappa shape index (κ1) is 21.3. The van der Waals surface area contributed by atoms with Crippen molar-refractivity contribution in [2.24, 2.45) is 16.0 Å². The monoisotopic (exact) mass is 433 g/mol. The van der Waals surface area contributed by atoms with E-state index in [9.17, 15) is 4.79 Å². The van der Waals surface area contributed by atoms with Gasteiger partial charge >= 0.3 is 0 Å². The van der Waals surface area contributed by atoms with Crippen LogP contribution in [0.15, 0.2) is 46.0 Å². The summed E-state index contributed by atoms with van der Waals surface area (Å²) in [4.78, 5) is 16.9. The Bertz CT molecular complexity index is 1150. The van der Waals surface area contributed by atoms with E-state index in [4.69, 9.17) is 5.41 Å². The Morgan fingerprint density at radius 1 is 1.19 bits per heavy atom. The SMILES string of the molecule is CCc1ccc(-n2c(C)cc(/C=C3\C(=N)N4N=C(CC(C)C)SC4=NC3=O)c2C)cc1. The molecule has 0 unspecified atom stereocenters. The molecule has 2 aliphatic rings. The lowest BCUT2D eigenvalue weighted by Gasteiger charge is -2.20. The van der Waals surface area contributed by atoms with Crippen molar-refractivity contribution in [1.82, 2.24) is 9.58 Å². The van der Waals surface area contributed by atoms with Crippen molar-refractivity contribution < 1.29 is 4.79 Å². The molecule has 2 aliphatic heterocycles. The van der Waals surface area contributed by atoms with Crippen molar-refractivity contribution in [3.8, 4) is 5.69 Å². The fourth-order valence-corrected chi connectivity index (χ4v) is 4.93. The van der Waals surface area contributed by atoms with Gasteiger partial charge in [0.2, 0.25) is 5.17 Å². The summed E-state index contributed by atoms with van der Waals surface area (Å²) in [5.41, 5.74) is 5.64. The van der Waals surface area contributed by atoms with Gasteiger partial charge in [0, 0.05) is 23.5 Å². The van der Waals surface area contributed by atoms with E-state index in [-0.39, 0.29) is 17.3 Å². The molecular formula is C24H27N5OS. The highest BCUT2D eigenvalue weighted by Crippen LogP contribution is 2.31. The fraction of sp³-hybridized carbons (Fsp3) is 0.333. The van der Waals surface area contributed by atoms with E-state index < -0.39 is 0 Å². The van der Waals surface area contributed by atoms with Gasteiger partial charge in [0.05, 0.1) is 5.57 Å². The second-order valence-electron chi connectivity index (χ2n) is 8.29. The van der Waals surface area contributed by atoms with Crippen LogP contribution in [0.5, 0.6) is 0 Å². The smallest absolute Gasteiger partial charge is 0.283 e. The molecule has 31 heavy (non-hydrogen) atoms. The van der Waals surface area contributed by atoms with Crippen molar-refractivity contribution in [3.05, 3.63) is 58.4 Å². The van der Waals surface area contributed by atoms with Gasteiger partial charge in [-0.15, -0.1) is 0 Å². The molecule has 1 aromatic carbocycles. The molecule has 0 aliphatic carbocycles. The molecule has 1 N–H and O–H groups in total. The number of hydrazone groups is 1. The number of fused-ring (bicyclic) bond motifs is 1. The van der Waals surface area contributed by atoms with Gasteiger partial charge in [-0.25, -0.2) is 0 Å². The van der Waals surface area contributed by atoms with Gasteiger partial charge in [-0.1, -0.05) is 32.9 Å². The predicted molar refractivity (Wildman–Crippen MR) is 129 cm³/mol. The number of hydrogen-bond donors (Lipinski definition) is 1. The zero-order chi connectivity index (χ0) is 22.3. The molecule has 4 rings (SSSR count). The van der Waals surface area contributed by atoms with Crippen molar-refractivity contribution in [2.75, 3.05) is 0 Å². The molecule has 1 aromatic heterocycles. The van der Waals surface area contributed by atoms with Crippen LogP contribution < -0.4 is 0 Å². The van der Waals surface area contributed by atoms with E-state index in [1.165, 1.54) is 22.3 Å². The Hall–Kier alpha value is -2.93. The van der Waals surface area contributed by atoms with E-state index in [1.807, 2.05) is 19.9 Å². The molecule has 0 atom stereocenters. The summed E-state index contributed by atoms with van der Waals surface area (Å²) in [5, 5.41) is 16.0. The predicted octanol–water partition coefficient (Wildman–Crippen LogP) is 5.32. The van der Waals surface area contributed by atoms with Crippen LogP contribution in [-0.2, 0) is 11.2 Å². The standard InChI is InChI=1S/C24H27N5OS/c1-6-17-7-9-19(10-8-17)28-15(4)12-18(16(28)5)13-20-22(25)29-24(26-23(20)30)31-21(27-29)11-14(2)3/h7-10,12-14,25H,6,11H2,1-5H3/b20-13+,25-22?. The van der Waals surface area contributed by atoms with Crippen molar-refractivity contribution >= 4 is 39.8 Å². The van der Waals surface area contributed by atoms with Crippen LogP contribution >= 0.6 is 11.8 Å². The molecule has 0 saturated heterocycles. The Morgan fingerprint density at radius 3 is 2.55 bits per heavy atom. The van der Waals surface area contributed by atoms with Crippen LogP contribution in [0.2, 0.25) is 0 Å². The number of thioether (sulfide) groups is 1. The molecule has 0 spiro atoms. The molecule has 0 bridgehead atoms. The number of carbonyl (C=O) groups is 1. The number of amides is 1. The normalized spacial score (nSPS) is 17.5. The molecule has 1 amide bonds.